The third-order valence-corrected chi connectivity index (χ3v) is 3.34. The van der Waals surface area contributed by atoms with Crippen molar-refractivity contribution in [1.29, 1.82) is 0 Å². The van der Waals surface area contributed by atoms with Gasteiger partial charge >= 0.3 is 0 Å². The van der Waals surface area contributed by atoms with Gasteiger partial charge in [-0.25, -0.2) is 0 Å². The highest BCUT2D eigenvalue weighted by Crippen LogP contribution is 2.31. The van der Waals surface area contributed by atoms with Crippen LogP contribution < -0.4 is 15.8 Å². The van der Waals surface area contributed by atoms with Crippen LogP contribution in [0.5, 0.6) is 5.75 Å². The van der Waals surface area contributed by atoms with Crippen LogP contribution in [0, 0.1) is 13.8 Å². The maximum atomic E-state index is 6.25. The van der Waals surface area contributed by atoms with Gasteiger partial charge in [0.15, 0.2) is 0 Å². The summed E-state index contributed by atoms with van der Waals surface area (Å²) in [6.07, 6.45) is 0. The molecule has 1 atom stereocenters. The standard InChI is InChI=1S/C13H21ClN2O/c1-8-5-12(17-4)11(10(3)13(8)14)7-16-6-9(2)15/h5,9,16H,6-7,15H2,1-4H3. The Hall–Kier alpha value is -0.770. The Kier molecular flexibility index (Phi) is 5.25. The zero-order valence-corrected chi connectivity index (χ0v) is 11.7. The third kappa shape index (κ3) is 3.60. The highest BCUT2D eigenvalue weighted by molar-refractivity contribution is 6.32. The van der Waals surface area contributed by atoms with Crippen LogP contribution in [0.3, 0.4) is 0 Å². The number of benzene rings is 1. The molecule has 0 heterocycles. The second kappa shape index (κ2) is 6.24. The molecule has 1 unspecified atom stereocenters. The van der Waals surface area contributed by atoms with E-state index >= 15 is 0 Å². The lowest BCUT2D eigenvalue weighted by atomic mass is 10.0. The van der Waals surface area contributed by atoms with Crippen LogP contribution in [-0.4, -0.2) is 19.7 Å². The summed E-state index contributed by atoms with van der Waals surface area (Å²) < 4.78 is 5.39. The first kappa shape index (κ1) is 14.3. The first-order valence-corrected chi connectivity index (χ1v) is 6.14. The normalized spacial score (nSPS) is 12.6. The van der Waals surface area contributed by atoms with Crippen molar-refractivity contribution in [3.05, 3.63) is 27.8 Å². The van der Waals surface area contributed by atoms with E-state index in [4.69, 9.17) is 22.1 Å². The molecule has 0 spiro atoms. The molecule has 0 aliphatic heterocycles. The summed E-state index contributed by atoms with van der Waals surface area (Å²) in [7, 11) is 1.68. The first-order valence-electron chi connectivity index (χ1n) is 5.76. The van der Waals surface area contributed by atoms with Gasteiger partial charge in [0.25, 0.3) is 0 Å². The van der Waals surface area contributed by atoms with E-state index in [2.05, 4.69) is 5.32 Å². The van der Waals surface area contributed by atoms with Crippen molar-refractivity contribution in [1.82, 2.24) is 5.32 Å². The Morgan fingerprint density at radius 3 is 2.65 bits per heavy atom. The molecule has 0 aromatic heterocycles. The summed E-state index contributed by atoms with van der Waals surface area (Å²) in [5.41, 5.74) is 8.91. The molecule has 0 saturated heterocycles. The van der Waals surface area contributed by atoms with E-state index in [1.54, 1.807) is 7.11 Å². The SMILES string of the molecule is COc1cc(C)c(Cl)c(C)c1CNCC(C)N. The van der Waals surface area contributed by atoms with Gasteiger partial charge in [-0.15, -0.1) is 0 Å². The molecular formula is C13H21ClN2O. The zero-order chi connectivity index (χ0) is 13.0. The van der Waals surface area contributed by atoms with Crippen LogP contribution in [0.4, 0.5) is 0 Å². The van der Waals surface area contributed by atoms with E-state index in [9.17, 15) is 0 Å². The minimum atomic E-state index is 0.141. The molecule has 17 heavy (non-hydrogen) atoms. The fourth-order valence-electron chi connectivity index (χ4n) is 1.79. The van der Waals surface area contributed by atoms with Gasteiger partial charge in [0.1, 0.15) is 5.75 Å². The molecule has 0 bridgehead atoms. The van der Waals surface area contributed by atoms with Crippen LogP contribution >= 0.6 is 11.6 Å². The highest BCUT2D eigenvalue weighted by atomic mass is 35.5. The van der Waals surface area contributed by atoms with Gasteiger partial charge in [0.2, 0.25) is 0 Å². The molecule has 4 heteroatoms. The molecular weight excluding hydrogens is 236 g/mol. The van der Waals surface area contributed by atoms with E-state index in [1.807, 2.05) is 26.8 Å². The predicted octanol–water partition coefficient (Wildman–Crippen LogP) is 2.40. The Bertz CT molecular complexity index is 391. The minimum Gasteiger partial charge on any atom is -0.496 e. The minimum absolute atomic E-state index is 0.141. The van der Waals surface area contributed by atoms with Gasteiger partial charge in [-0.3, -0.25) is 0 Å². The molecule has 0 radical (unpaired) electrons. The van der Waals surface area contributed by atoms with Crippen LogP contribution in [0.25, 0.3) is 0 Å². The number of hydrogen-bond acceptors (Lipinski definition) is 3. The van der Waals surface area contributed by atoms with Crippen molar-refractivity contribution in [3.63, 3.8) is 0 Å². The Labute approximate surface area is 108 Å². The molecule has 0 amide bonds. The number of methoxy groups -OCH3 is 1. The molecule has 1 aromatic carbocycles. The van der Waals surface area contributed by atoms with Crippen molar-refractivity contribution in [2.24, 2.45) is 5.73 Å². The number of ether oxygens (including phenoxy) is 1. The monoisotopic (exact) mass is 256 g/mol. The van der Waals surface area contributed by atoms with Gasteiger partial charge in [0, 0.05) is 29.7 Å². The molecule has 3 nitrogen and oxygen atoms in total. The number of aryl methyl sites for hydroxylation is 1. The fraction of sp³-hybridized carbons (Fsp3) is 0.538. The number of nitrogens with two attached hydrogens (primary N) is 1. The quantitative estimate of drug-likeness (QED) is 0.851. The largest absolute Gasteiger partial charge is 0.496 e. The number of nitrogens with one attached hydrogen (secondary N) is 1. The van der Waals surface area contributed by atoms with Gasteiger partial charge in [-0.2, -0.15) is 0 Å². The zero-order valence-electron chi connectivity index (χ0n) is 10.9. The van der Waals surface area contributed by atoms with E-state index in [0.29, 0.717) is 0 Å². The fourth-order valence-corrected chi connectivity index (χ4v) is 1.96. The lowest BCUT2D eigenvalue weighted by Crippen LogP contribution is -2.31. The van der Waals surface area contributed by atoms with Gasteiger partial charge in [-0.1, -0.05) is 11.6 Å². The second-order valence-corrected chi connectivity index (χ2v) is 4.80. The lowest BCUT2D eigenvalue weighted by Gasteiger charge is -2.16. The maximum absolute atomic E-state index is 6.25. The summed E-state index contributed by atoms with van der Waals surface area (Å²) in [6, 6.07) is 2.11. The van der Waals surface area contributed by atoms with E-state index in [1.165, 1.54) is 0 Å². The van der Waals surface area contributed by atoms with E-state index in [-0.39, 0.29) is 6.04 Å². The molecule has 0 fully saturated rings. The van der Waals surface area contributed by atoms with Crippen LogP contribution in [0.2, 0.25) is 5.02 Å². The van der Waals surface area contributed by atoms with Crippen LogP contribution in [-0.2, 0) is 6.54 Å². The number of halogens is 1. The summed E-state index contributed by atoms with van der Waals surface area (Å²) in [5, 5.41) is 4.11. The molecule has 0 aliphatic rings. The van der Waals surface area contributed by atoms with Gasteiger partial charge in [-0.05, 0) is 38.0 Å². The maximum Gasteiger partial charge on any atom is 0.123 e. The van der Waals surface area contributed by atoms with E-state index < -0.39 is 0 Å². The highest BCUT2D eigenvalue weighted by Gasteiger charge is 2.12. The smallest absolute Gasteiger partial charge is 0.123 e. The molecule has 0 saturated carbocycles. The Morgan fingerprint density at radius 1 is 1.47 bits per heavy atom. The van der Waals surface area contributed by atoms with Gasteiger partial charge < -0.3 is 15.8 Å². The van der Waals surface area contributed by atoms with Crippen molar-refractivity contribution >= 4 is 11.6 Å². The lowest BCUT2D eigenvalue weighted by molar-refractivity contribution is 0.406. The van der Waals surface area contributed by atoms with Crippen LogP contribution in [0.15, 0.2) is 6.07 Å². The molecule has 1 rings (SSSR count). The van der Waals surface area contributed by atoms with Crippen LogP contribution in [0.1, 0.15) is 23.6 Å². The molecule has 3 N–H and O–H groups in total. The van der Waals surface area contributed by atoms with Gasteiger partial charge in [0.05, 0.1) is 7.11 Å². The van der Waals surface area contributed by atoms with E-state index in [0.717, 1.165) is 40.6 Å². The Balaban J connectivity index is 2.92. The van der Waals surface area contributed by atoms with Crippen molar-refractivity contribution in [2.75, 3.05) is 13.7 Å². The topological polar surface area (TPSA) is 47.3 Å². The number of hydrogen-bond donors (Lipinski definition) is 2. The molecule has 96 valence electrons. The molecule has 1 aromatic rings. The summed E-state index contributed by atoms with van der Waals surface area (Å²) in [4.78, 5) is 0. The summed E-state index contributed by atoms with van der Waals surface area (Å²) in [5.74, 6) is 0.876. The average molecular weight is 257 g/mol. The average Bonchev–Trinajstić information content (AvgIpc) is 2.28. The first-order chi connectivity index (χ1) is 7.97. The summed E-state index contributed by atoms with van der Waals surface area (Å²) in [6.45, 7) is 7.46. The summed E-state index contributed by atoms with van der Waals surface area (Å²) >= 11 is 6.25. The predicted molar refractivity (Wildman–Crippen MR) is 72.8 cm³/mol. The molecule has 0 aliphatic carbocycles. The number of rotatable bonds is 5. The third-order valence-electron chi connectivity index (χ3n) is 2.76. The van der Waals surface area contributed by atoms with Crippen molar-refractivity contribution < 1.29 is 4.74 Å². The second-order valence-electron chi connectivity index (χ2n) is 4.42. The van der Waals surface area contributed by atoms with Crippen molar-refractivity contribution in [3.8, 4) is 5.75 Å². The van der Waals surface area contributed by atoms with Crippen molar-refractivity contribution in [2.45, 2.75) is 33.4 Å². The Morgan fingerprint density at radius 2 is 2.12 bits per heavy atom.